The normalized spacial score (nSPS) is 27.7. The molecule has 1 nitrogen and oxygen atoms in total. The molecule has 2 fully saturated rings. The van der Waals surface area contributed by atoms with Crippen molar-refractivity contribution in [2.75, 3.05) is 0 Å². The van der Waals surface area contributed by atoms with Crippen LogP contribution in [0.3, 0.4) is 0 Å². The summed E-state index contributed by atoms with van der Waals surface area (Å²) in [4.78, 5) is 0. The van der Waals surface area contributed by atoms with E-state index in [1.165, 1.54) is 57.1 Å². The van der Waals surface area contributed by atoms with E-state index in [2.05, 4.69) is 0 Å². The van der Waals surface area contributed by atoms with E-state index in [4.69, 9.17) is 0 Å². The van der Waals surface area contributed by atoms with Gasteiger partial charge in [0.15, 0.2) is 17.4 Å². The minimum absolute atomic E-state index is 0.245. The molecule has 0 aromatic heterocycles. The van der Waals surface area contributed by atoms with Gasteiger partial charge in [0.1, 0.15) is 0 Å². The topological polar surface area (TPSA) is 20.2 Å². The molecule has 1 aromatic carbocycles. The zero-order valence-electron chi connectivity index (χ0n) is 12.5. The summed E-state index contributed by atoms with van der Waals surface area (Å²) in [7, 11) is 0. The van der Waals surface area contributed by atoms with Gasteiger partial charge in [-0.25, -0.2) is 8.78 Å². The van der Waals surface area contributed by atoms with E-state index in [9.17, 15) is 13.9 Å². The molecule has 0 amide bonds. The van der Waals surface area contributed by atoms with Crippen LogP contribution in [0.1, 0.15) is 69.3 Å². The van der Waals surface area contributed by atoms with Crippen molar-refractivity contribution in [1.82, 2.24) is 0 Å². The quantitative estimate of drug-likeness (QED) is 0.761. The highest BCUT2D eigenvalue weighted by atomic mass is 19.1. The van der Waals surface area contributed by atoms with Gasteiger partial charge in [-0.3, -0.25) is 0 Å². The summed E-state index contributed by atoms with van der Waals surface area (Å²) in [6.45, 7) is 0. The van der Waals surface area contributed by atoms with Crippen LogP contribution in [0, 0.1) is 23.5 Å². The Morgan fingerprint density at radius 2 is 1.29 bits per heavy atom. The van der Waals surface area contributed by atoms with E-state index in [-0.39, 0.29) is 5.92 Å². The van der Waals surface area contributed by atoms with Crippen LogP contribution in [0.25, 0.3) is 0 Å². The molecular weight excluding hydrogens is 270 g/mol. The van der Waals surface area contributed by atoms with Crippen molar-refractivity contribution < 1.29 is 13.9 Å². The molecular formula is C18H24F2O. The van der Waals surface area contributed by atoms with Crippen LogP contribution in [0.15, 0.2) is 12.1 Å². The zero-order chi connectivity index (χ0) is 14.8. The maximum atomic E-state index is 13.5. The van der Waals surface area contributed by atoms with Gasteiger partial charge in [-0.05, 0) is 61.1 Å². The third-order valence-electron chi connectivity index (χ3n) is 5.60. The van der Waals surface area contributed by atoms with Gasteiger partial charge in [-0.1, -0.05) is 32.1 Å². The second kappa shape index (κ2) is 6.33. The molecule has 0 atom stereocenters. The summed E-state index contributed by atoms with van der Waals surface area (Å²) in [5.41, 5.74) is 0.713. The van der Waals surface area contributed by atoms with Crippen LogP contribution < -0.4 is 0 Å². The first-order chi connectivity index (χ1) is 10.1. The number of rotatable bonds is 2. The fourth-order valence-corrected chi connectivity index (χ4v) is 4.35. The number of hydrogen-bond acceptors (Lipinski definition) is 1. The lowest BCUT2D eigenvalue weighted by Crippen LogP contribution is -2.23. The number of phenolic OH excluding ortho intramolecular Hbond substituents is 1. The fourth-order valence-electron chi connectivity index (χ4n) is 4.35. The minimum Gasteiger partial charge on any atom is -0.503 e. The molecule has 2 aliphatic carbocycles. The number of phenols is 1. The van der Waals surface area contributed by atoms with Crippen molar-refractivity contribution in [3.63, 3.8) is 0 Å². The maximum absolute atomic E-state index is 13.5. The van der Waals surface area contributed by atoms with Crippen LogP contribution in [0.5, 0.6) is 5.75 Å². The lowest BCUT2D eigenvalue weighted by Gasteiger charge is -2.36. The Balaban J connectivity index is 1.63. The number of benzene rings is 1. The summed E-state index contributed by atoms with van der Waals surface area (Å²) in [5.74, 6) is -0.579. The molecule has 3 heteroatoms. The van der Waals surface area contributed by atoms with Crippen molar-refractivity contribution in [1.29, 1.82) is 0 Å². The highest BCUT2D eigenvalue weighted by Crippen LogP contribution is 2.43. The lowest BCUT2D eigenvalue weighted by molar-refractivity contribution is 0.185. The molecule has 0 radical (unpaired) electrons. The van der Waals surface area contributed by atoms with Gasteiger partial charge < -0.3 is 5.11 Å². The van der Waals surface area contributed by atoms with E-state index in [0.717, 1.165) is 24.7 Å². The molecule has 2 aliphatic rings. The summed E-state index contributed by atoms with van der Waals surface area (Å²) in [5, 5.41) is 9.19. The van der Waals surface area contributed by atoms with Crippen molar-refractivity contribution in [2.24, 2.45) is 11.8 Å². The van der Waals surface area contributed by atoms with Crippen molar-refractivity contribution in [2.45, 2.75) is 63.7 Å². The molecule has 0 aliphatic heterocycles. The number of aromatic hydroxyl groups is 1. The Kier molecular flexibility index (Phi) is 4.46. The molecule has 0 spiro atoms. The molecule has 1 aromatic rings. The van der Waals surface area contributed by atoms with E-state index in [1.807, 2.05) is 0 Å². The van der Waals surface area contributed by atoms with E-state index >= 15 is 0 Å². The van der Waals surface area contributed by atoms with Crippen LogP contribution in [-0.4, -0.2) is 5.11 Å². The summed E-state index contributed by atoms with van der Waals surface area (Å²) < 4.78 is 26.9. The Morgan fingerprint density at radius 1 is 0.762 bits per heavy atom. The van der Waals surface area contributed by atoms with Gasteiger partial charge in [0.2, 0.25) is 0 Å². The lowest BCUT2D eigenvalue weighted by atomic mass is 9.70. The highest BCUT2D eigenvalue weighted by Gasteiger charge is 2.29. The van der Waals surface area contributed by atoms with Crippen LogP contribution in [0.4, 0.5) is 8.78 Å². The summed E-state index contributed by atoms with van der Waals surface area (Å²) in [6.07, 6.45) is 11.3. The van der Waals surface area contributed by atoms with Gasteiger partial charge in [0.25, 0.3) is 0 Å². The third kappa shape index (κ3) is 3.22. The number of halogens is 2. The van der Waals surface area contributed by atoms with Crippen LogP contribution in [0.2, 0.25) is 0 Å². The van der Waals surface area contributed by atoms with Crippen molar-refractivity contribution in [3.8, 4) is 5.75 Å². The average molecular weight is 294 g/mol. The predicted octanol–water partition coefficient (Wildman–Crippen LogP) is 5.52. The molecule has 1 N–H and O–H groups in total. The Hall–Kier alpha value is -1.12. The largest absolute Gasteiger partial charge is 0.503 e. The third-order valence-corrected chi connectivity index (χ3v) is 5.60. The van der Waals surface area contributed by atoms with Crippen LogP contribution >= 0.6 is 0 Å². The Bertz CT molecular complexity index is 463. The van der Waals surface area contributed by atoms with Gasteiger partial charge in [0, 0.05) is 0 Å². The minimum atomic E-state index is -0.852. The van der Waals surface area contributed by atoms with E-state index < -0.39 is 17.4 Å². The smallest absolute Gasteiger partial charge is 0.187 e. The SMILES string of the molecule is Oc1c(F)cc(C2CCC(C3CCCCC3)CC2)cc1F. The fraction of sp³-hybridized carbons (Fsp3) is 0.667. The van der Waals surface area contributed by atoms with Crippen LogP contribution in [-0.2, 0) is 0 Å². The summed E-state index contributed by atoms with van der Waals surface area (Å²) in [6, 6.07) is 2.62. The van der Waals surface area contributed by atoms with E-state index in [0.29, 0.717) is 5.56 Å². The van der Waals surface area contributed by atoms with Gasteiger partial charge in [-0.2, -0.15) is 0 Å². The van der Waals surface area contributed by atoms with E-state index in [1.54, 1.807) is 0 Å². The Labute approximate surface area is 125 Å². The Morgan fingerprint density at radius 3 is 1.86 bits per heavy atom. The second-order valence-corrected chi connectivity index (χ2v) is 6.84. The van der Waals surface area contributed by atoms with Crippen molar-refractivity contribution >= 4 is 0 Å². The van der Waals surface area contributed by atoms with Gasteiger partial charge in [0.05, 0.1) is 0 Å². The summed E-state index contributed by atoms with van der Waals surface area (Å²) >= 11 is 0. The zero-order valence-corrected chi connectivity index (χ0v) is 12.5. The second-order valence-electron chi connectivity index (χ2n) is 6.84. The maximum Gasteiger partial charge on any atom is 0.187 e. The van der Waals surface area contributed by atoms with Gasteiger partial charge in [-0.15, -0.1) is 0 Å². The molecule has 3 rings (SSSR count). The molecule has 2 saturated carbocycles. The molecule has 0 saturated heterocycles. The van der Waals surface area contributed by atoms with Crippen molar-refractivity contribution in [3.05, 3.63) is 29.3 Å². The highest BCUT2D eigenvalue weighted by molar-refractivity contribution is 5.32. The predicted molar refractivity (Wildman–Crippen MR) is 79.3 cm³/mol. The first kappa shape index (κ1) is 14.8. The average Bonchev–Trinajstić information content (AvgIpc) is 2.53. The van der Waals surface area contributed by atoms with Gasteiger partial charge >= 0.3 is 0 Å². The molecule has 0 heterocycles. The number of hydrogen-bond donors (Lipinski definition) is 1. The molecule has 0 bridgehead atoms. The first-order valence-corrected chi connectivity index (χ1v) is 8.33. The monoisotopic (exact) mass is 294 g/mol. The first-order valence-electron chi connectivity index (χ1n) is 8.33. The molecule has 116 valence electrons. The standard InChI is InChI=1S/C18H24F2O/c19-16-10-15(11-17(20)18(16)21)14-8-6-13(7-9-14)12-4-2-1-3-5-12/h10-14,21H,1-9H2. The molecule has 0 unspecified atom stereocenters. The molecule has 21 heavy (non-hydrogen) atoms.